The summed E-state index contributed by atoms with van der Waals surface area (Å²) in [6.07, 6.45) is 90.7. The Morgan fingerprint density at radius 3 is 0.821 bits per heavy atom. The molecule has 0 aromatic carbocycles. The van der Waals surface area contributed by atoms with Crippen LogP contribution < -0.4 is 0 Å². The molecule has 0 saturated carbocycles. The van der Waals surface area contributed by atoms with Crippen LogP contribution in [0.15, 0.2) is 122 Å². The highest BCUT2D eigenvalue weighted by Crippen LogP contribution is 2.16. The zero-order chi connectivity index (χ0) is 56.4. The molecule has 1 atom stereocenters. The highest BCUT2D eigenvalue weighted by atomic mass is 16.6. The molecular weight excluding hydrogens is 961 g/mol. The van der Waals surface area contributed by atoms with Gasteiger partial charge in [0.25, 0.3) is 0 Å². The molecule has 444 valence electrons. The summed E-state index contributed by atoms with van der Waals surface area (Å²) in [6.45, 7) is 6.39. The van der Waals surface area contributed by atoms with Crippen LogP contribution in [0.3, 0.4) is 0 Å². The van der Waals surface area contributed by atoms with Crippen LogP contribution in [0, 0.1) is 0 Å². The zero-order valence-corrected chi connectivity index (χ0v) is 50.9. The van der Waals surface area contributed by atoms with Gasteiger partial charge in [-0.3, -0.25) is 14.4 Å². The van der Waals surface area contributed by atoms with Crippen LogP contribution >= 0.6 is 0 Å². The summed E-state index contributed by atoms with van der Waals surface area (Å²) in [5.41, 5.74) is 0. The van der Waals surface area contributed by atoms with E-state index >= 15 is 0 Å². The van der Waals surface area contributed by atoms with Gasteiger partial charge >= 0.3 is 17.9 Å². The summed E-state index contributed by atoms with van der Waals surface area (Å²) in [4.78, 5) is 38.3. The van der Waals surface area contributed by atoms with Gasteiger partial charge in [0.05, 0.1) is 0 Å². The molecule has 1 unspecified atom stereocenters. The third-order valence-corrected chi connectivity index (χ3v) is 13.7. The first-order valence-electron chi connectivity index (χ1n) is 32.5. The van der Waals surface area contributed by atoms with Crippen molar-refractivity contribution in [1.29, 1.82) is 0 Å². The molecule has 0 aliphatic carbocycles. The predicted molar refractivity (Wildman–Crippen MR) is 339 cm³/mol. The predicted octanol–water partition coefficient (Wildman–Crippen LogP) is 22.4. The molecule has 0 aliphatic heterocycles. The third kappa shape index (κ3) is 62.7. The Morgan fingerprint density at radius 1 is 0.269 bits per heavy atom. The van der Waals surface area contributed by atoms with Gasteiger partial charge in [-0.2, -0.15) is 0 Å². The average Bonchev–Trinajstić information content (AvgIpc) is 3.44. The first-order chi connectivity index (χ1) is 38.5. The number of hydrogen-bond acceptors (Lipinski definition) is 6. The number of allylic oxidation sites excluding steroid dienone is 20. The van der Waals surface area contributed by atoms with Crippen molar-refractivity contribution < 1.29 is 28.6 Å². The Hall–Kier alpha value is -4.19. The van der Waals surface area contributed by atoms with Crippen LogP contribution in [0.4, 0.5) is 0 Å². The van der Waals surface area contributed by atoms with Crippen LogP contribution in [0.2, 0.25) is 0 Å². The van der Waals surface area contributed by atoms with E-state index < -0.39 is 6.10 Å². The fourth-order valence-electron chi connectivity index (χ4n) is 8.92. The Kier molecular flexibility index (Phi) is 61.8. The largest absolute Gasteiger partial charge is 0.462 e. The summed E-state index contributed by atoms with van der Waals surface area (Å²) in [5.74, 6) is -0.952. The third-order valence-electron chi connectivity index (χ3n) is 13.7. The number of carbonyl (C=O) groups is 3. The van der Waals surface area contributed by atoms with Crippen molar-refractivity contribution in [3.05, 3.63) is 122 Å². The molecule has 0 radical (unpaired) electrons. The molecule has 0 fully saturated rings. The van der Waals surface area contributed by atoms with E-state index in [1.165, 1.54) is 141 Å². The maximum absolute atomic E-state index is 12.9. The van der Waals surface area contributed by atoms with Crippen molar-refractivity contribution in [2.24, 2.45) is 0 Å². The minimum absolute atomic E-state index is 0.0995. The van der Waals surface area contributed by atoms with Gasteiger partial charge in [0.2, 0.25) is 0 Å². The lowest BCUT2D eigenvalue weighted by molar-refractivity contribution is -0.167. The van der Waals surface area contributed by atoms with Crippen molar-refractivity contribution in [1.82, 2.24) is 0 Å². The van der Waals surface area contributed by atoms with Crippen LogP contribution in [0.5, 0.6) is 0 Å². The van der Waals surface area contributed by atoms with E-state index in [-0.39, 0.29) is 37.5 Å². The summed E-state index contributed by atoms with van der Waals surface area (Å²) in [5, 5.41) is 0. The maximum atomic E-state index is 12.9. The standard InChI is InChI=1S/C72H120O6/c1-4-7-10-13-16-19-22-25-28-30-31-32-33-34-35-36-37-38-39-40-41-43-44-47-50-53-56-59-62-65-71(74)77-68-69(67-76-70(73)64-61-58-55-52-49-46-27-24-21-18-15-12-9-6-3)78-72(75)66-63-60-57-54-51-48-45-42-29-26-23-20-17-14-11-8-5-2/h7-8,10-11,16-17,19-20,25-26,28-29,31-32,34-35,45,48,54,57,69H,4-6,9,12-15,18,21-24,27,30,33,36-44,46-47,49-53,55-56,58-68H2,1-3H3/b10-7-,11-8-,19-16-,20-17-,28-25-,29-26-,32-31-,35-34-,48-45-,57-54-. The van der Waals surface area contributed by atoms with E-state index in [1.807, 2.05) is 0 Å². The zero-order valence-electron chi connectivity index (χ0n) is 50.9. The van der Waals surface area contributed by atoms with Gasteiger partial charge in [0.15, 0.2) is 6.10 Å². The lowest BCUT2D eigenvalue weighted by Gasteiger charge is -2.18. The van der Waals surface area contributed by atoms with Gasteiger partial charge in [-0.05, 0) is 103 Å². The molecule has 0 aromatic rings. The van der Waals surface area contributed by atoms with Crippen molar-refractivity contribution in [3.63, 3.8) is 0 Å². The molecule has 0 bridgehead atoms. The number of unbranched alkanes of at least 4 members (excludes halogenated alkanes) is 27. The Labute approximate surface area is 482 Å². The van der Waals surface area contributed by atoms with Gasteiger partial charge in [-0.25, -0.2) is 0 Å². The molecule has 6 nitrogen and oxygen atoms in total. The minimum atomic E-state index is -0.810. The second-order valence-electron chi connectivity index (χ2n) is 21.3. The van der Waals surface area contributed by atoms with Crippen LogP contribution in [0.1, 0.15) is 297 Å². The molecule has 0 N–H and O–H groups in total. The van der Waals surface area contributed by atoms with Gasteiger partial charge < -0.3 is 14.2 Å². The second kappa shape index (κ2) is 65.3. The molecule has 0 aliphatic rings. The fraction of sp³-hybridized carbons (Fsp3) is 0.681. The van der Waals surface area contributed by atoms with Gasteiger partial charge in [0.1, 0.15) is 13.2 Å². The van der Waals surface area contributed by atoms with Crippen LogP contribution in [-0.2, 0) is 28.6 Å². The van der Waals surface area contributed by atoms with E-state index in [0.717, 1.165) is 109 Å². The van der Waals surface area contributed by atoms with Crippen LogP contribution in [0.25, 0.3) is 0 Å². The smallest absolute Gasteiger partial charge is 0.306 e. The monoisotopic (exact) mass is 1080 g/mol. The first kappa shape index (κ1) is 73.8. The van der Waals surface area contributed by atoms with Crippen molar-refractivity contribution in [3.8, 4) is 0 Å². The Balaban J connectivity index is 4.33. The summed E-state index contributed by atoms with van der Waals surface area (Å²) < 4.78 is 16.9. The van der Waals surface area contributed by atoms with Gasteiger partial charge in [-0.1, -0.05) is 296 Å². The summed E-state index contributed by atoms with van der Waals surface area (Å²) in [7, 11) is 0. The normalized spacial score (nSPS) is 12.9. The van der Waals surface area contributed by atoms with Gasteiger partial charge in [0, 0.05) is 19.3 Å². The van der Waals surface area contributed by atoms with E-state index in [1.54, 1.807) is 0 Å². The molecule has 6 heteroatoms. The average molecular weight is 1080 g/mol. The van der Waals surface area contributed by atoms with Crippen molar-refractivity contribution in [2.45, 2.75) is 303 Å². The lowest BCUT2D eigenvalue weighted by Crippen LogP contribution is -2.30. The minimum Gasteiger partial charge on any atom is -0.462 e. The second-order valence-corrected chi connectivity index (χ2v) is 21.3. The molecule has 0 amide bonds. The molecule has 0 rings (SSSR count). The molecular formula is C72H120O6. The number of hydrogen-bond donors (Lipinski definition) is 0. The molecule has 78 heavy (non-hydrogen) atoms. The number of esters is 3. The van der Waals surface area contributed by atoms with E-state index in [2.05, 4.69) is 142 Å². The summed E-state index contributed by atoms with van der Waals surface area (Å²) in [6, 6.07) is 0. The highest BCUT2D eigenvalue weighted by Gasteiger charge is 2.19. The van der Waals surface area contributed by atoms with Crippen LogP contribution in [-0.4, -0.2) is 37.2 Å². The maximum Gasteiger partial charge on any atom is 0.306 e. The lowest BCUT2D eigenvalue weighted by atomic mass is 10.0. The Morgan fingerprint density at radius 2 is 0.513 bits per heavy atom. The van der Waals surface area contributed by atoms with E-state index in [9.17, 15) is 14.4 Å². The molecule has 0 aromatic heterocycles. The topological polar surface area (TPSA) is 78.9 Å². The number of rotatable bonds is 58. The SMILES string of the molecule is CC/C=C\C/C=C\C/C=C\C/C=C\C/C=C\CCCCCCCCCCCCCCCC(=O)OCC(COC(=O)CCCCCCCCCCCCCCCC)OC(=O)CCC/C=C\C/C=C\C/C=C\C/C=C\C/C=C\CC. The molecule has 0 spiro atoms. The fourth-order valence-corrected chi connectivity index (χ4v) is 8.92. The van der Waals surface area contributed by atoms with Crippen molar-refractivity contribution >= 4 is 17.9 Å². The Bertz CT molecular complexity index is 1620. The van der Waals surface area contributed by atoms with E-state index in [4.69, 9.17) is 14.2 Å². The molecule has 0 saturated heterocycles. The summed E-state index contributed by atoms with van der Waals surface area (Å²) >= 11 is 0. The van der Waals surface area contributed by atoms with E-state index in [0.29, 0.717) is 19.3 Å². The van der Waals surface area contributed by atoms with Gasteiger partial charge in [-0.15, -0.1) is 0 Å². The molecule has 0 heterocycles. The highest BCUT2D eigenvalue weighted by molar-refractivity contribution is 5.71. The number of ether oxygens (including phenoxy) is 3. The van der Waals surface area contributed by atoms with Crippen molar-refractivity contribution in [2.75, 3.05) is 13.2 Å². The quantitative estimate of drug-likeness (QED) is 0.0261. The first-order valence-corrected chi connectivity index (χ1v) is 32.5. The number of carbonyl (C=O) groups excluding carboxylic acids is 3.